The minimum atomic E-state index is -0.462. The molecule has 0 saturated carbocycles. The maximum absolute atomic E-state index is 12.8. The SMILES string of the molecule is CCCOC(=O)N1CCCN1C(=O)c1cc(C(C)(C)C)nn1C. The number of amides is 2. The van der Waals surface area contributed by atoms with Crippen molar-refractivity contribution in [2.75, 3.05) is 19.7 Å². The maximum atomic E-state index is 12.8. The molecular formula is C16H26N4O3. The molecule has 23 heavy (non-hydrogen) atoms. The smallest absolute Gasteiger partial charge is 0.428 e. The largest absolute Gasteiger partial charge is 0.448 e. The van der Waals surface area contributed by atoms with Gasteiger partial charge in [-0.2, -0.15) is 5.10 Å². The van der Waals surface area contributed by atoms with Gasteiger partial charge in [-0.15, -0.1) is 0 Å². The van der Waals surface area contributed by atoms with Crippen molar-refractivity contribution in [2.45, 2.75) is 46.0 Å². The molecule has 1 saturated heterocycles. The summed E-state index contributed by atoms with van der Waals surface area (Å²) in [4.78, 5) is 24.9. The lowest BCUT2D eigenvalue weighted by Crippen LogP contribution is -2.45. The molecule has 0 atom stereocenters. The van der Waals surface area contributed by atoms with E-state index in [2.05, 4.69) is 5.10 Å². The molecule has 7 nitrogen and oxygen atoms in total. The van der Waals surface area contributed by atoms with Crippen LogP contribution in [0.1, 0.15) is 56.7 Å². The Morgan fingerprint density at radius 3 is 2.48 bits per heavy atom. The number of carbonyl (C=O) groups excluding carboxylic acids is 2. The van der Waals surface area contributed by atoms with Gasteiger partial charge in [-0.25, -0.2) is 14.8 Å². The Bertz CT molecular complexity index is 589. The van der Waals surface area contributed by atoms with Crippen LogP contribution >= 0.6 is 0 Å². The van der Waals surface area contributed by atoms with Gasteiger partial charge in [-0.3, -0.25) is 9.48 Å². The molecule has 1 aliphatic rings. The Labute approximate surface area is 137 Å². The van der Waals surface area contributed by atoms with E-state index in [9.17, 15) is 9.59 Å². The van der Waals surface area contributed by atoms with Crippen LogP contribution in [-0.4, -0.2) is 51.5 Å². The molecule has 7 heteroatoms. The summed E-state index contributed by atoms with van der Waals surface area (Å²) >= 11 is 0. The van der Waals surface area contributed by atoms with E-state index in [1.807, 2.05) is 27.7 Å². The number of ether oxygens (including phenoxy) is 1. The molecule has 0 aliphatic carbocycles. The monoisotopic (exact) mass is 322 g/mol. The van der Waals surface area contributed by atoms with Crippen LogP contribution < -0.4 is 0 Å². The Morgan fingerprint density at radius 2 is 1.91 bits per heavy atom. The number of aryl methyl sites for hydroxylation is 1. The van der Waals surface area contributed by atoms with Gasteiger partial charge >= 0.3 is 6.09 Å². The van der Waals surface area contributed by atoms with Gasteiger partial charge in [0.15, 0.2) is 0 Å². The predicted molar refractivity (Wildman–Crippen MR) is 85.9 cm³/mol. The maximum Gasteiger partial charge on any atom is 0.428 e. The van der Waals surface area contributed by atoms with Gasteiger partial charge < -0.3 is 4.74 Å². The number of carbonyl (C=O) groups is 2. The second-order valence-electron chi connectivity index (χ2n) is 6.81. The van der Waals surface area contributed by atoms with E-state index in [1.54, 1.807) is 17.8 Å². The number of hydrazine groups is 1. The molecule has 0 aromatic carbocycles. The summed E-state index contributed by atoms with van der Waals surface area (Å²) in [5, 5.41) is 7.28. The van der Waals surface area contributed by atoms with E-state index >= 15 is 0 Å². The van der Waals surface area contributed by atoms with E-state index in [1.165, 1.54) is 10.0 Å². The summed E-state index contributed by atoms with van der Waals surface area (Å²) in [6, 6.07) is 1.80. The second-order valence-corrected chi connectivity index (χ2v) is 6.81. The molecule has 2 heterocycles. The average Bonchev–Trinajstić information content (AvgIpc) is 3.10. The van der Waals surface area contributed by atoms with Gasteiger partial charge in [0, 0.05) is 25.6 Å². The normalized spacial score (nSPS) is 15.2. The van der Waals surface area contributed by atoms with E-state index in [4.69, 9.17) is 4.74 Å². The van der Waals surface area contributed by atoms with E-state index in [0.717, 1.165) is 18.5 Å². The highest BCUT2D eigenvalue weighted by Gasteiger charge is 2.34. The van der Waals surface area contributed by atoms with Crippen LogP contribution in [0.15, 0.2) is 6.07 Å². The van der Waals surface area contributed by atoms with Crippen molar-refractivity contribution in [3.63, 3.8) is 0 Å². The van der Waals surface area contributed by atoms with E-state index in [0.29, 0.717) is 25.4 Å². The van der Waals surface area contributed by atoms with Gasteiger partial charge in [-0.05, 0) is 18.9 Å². The minimum Gasteiger partial charge on any atom is -0.448 e. The molecule has 1 aliphatic heterocycles. The van der Waals surface area contributed by atoms with Crippen molar-refractivity contribution in [2.24, 2.45) is 7.05 Å². The zero-order valence-electron chi connectivity index (χ0n) is 14.6. The number of hydrogen-bond donors (Lipinski definition) is 0. The molecule has 2 rings (SSSR count). The molecule has 128 valence electrons. The second kappa shape index (κ2) is 6.60. The van der Waals surface area contributed by atoms with E-state index in [-0.39, 0.29) is 11.3 Å². The lowest BCUT2D eigenvalue weighted by molar-refractivity contribution is 0.0126. The highest BCUT2D eigenvalue weighted by atomic mass is 16.6. The van der Waals surface area contributed by atoms with E-state index < -0.39 is 6.09 Å². The van der Waals surface area contributed by atoms with Crippen LogP contribution in [-0.2, 0) is 17.2 Å². The molecule has 0 N–H and O–H groups in total. The van der Waals surface area contributed by atoms with Crippen molar-refractivity contribution in [3.05, 3.63) is 17.5 Å². The Morgan fingerprint density at radius 1 is 1.26 bits per heavy atom. The number of nitrogens with zero attached hydrogens (tertiary/aromatic N) is 4. The molecule has 1 fully saturated rings. The first-order valence-electron chi connectivity index (χ1n) is 8.06. The molecule has 1 aromatic heterocycles. The first-order chi connectivity index (χ1) is 10.8. The average molecular weight is 322 g/mol. The summed E-state index contributed by atoms with van der Waals surface area (Å²) in [5.74, 6) is -0.221. The fourth-order valence-electron chi connectivity index (χ4n) is 2.44. The summed E-state index contributed by atoms with van der Waals surface area (Å²) in [7, 11) is 1.75. The third-order valence-corrected chi connectivity index (χ3v) is 3.77. The third-order valence-electron chi connectivity index (χ3n) is 3.77. The Hall–Kier alpha value is -2.05. The fraction of sp³-hybridized carbons (Fsp3) is 0.688. The number of hydrogen-bond acceptors (Lipinski definition) is 4. The van der Waals surface area contributed by atoms with Crippen molar-refractivity contribution in [1.82, 2.24) is 19.8 Å². The zero-order valence-corrected chi connectivity index (χ0v) is 14.6. The van der Waals surface area contributed by atoms with Gasteiger partial charge in [0.1, 0.15) is 5.69 Å². The standard InChI is InChI=1S/C16H26N4O3/c1-6-10-23-15(22)20-9-7-8-19(20)14(21)12-11-13(16(2,3)4)17-18(12)5/h11H,6-10H2,1-5H3. The van der Waals surface area contributed by atoms with Crippen molar-refractivity contribution >= 4 is 12.0 Å². The molecule has 0 bridgehead atoms. The van der Waals surface area contributed by atoms with Crippen molar-refractivity contribution in [1.29, 1.82) is 0 Å². The predicted octanol–water partition coefficient (Wildman–Crippen LogP) is 2.33. The zero-order chi connectivity index (χ0) is 17.2. The van der Waals surface area contributed by atoms with Gasteiger partial charge in [0.05, 0.1) is 12.3 Å². The third kappa shape index (κ3) is 3.65. The Kier molecular flexibility index (Phi) is 4.97. The van der Waals surface area contributed by atoms with Crippen LogP contribution in [0, 0.1) is 0 Å². The molecule has 0 unspecified atom stereocenters. The highest BCUT2D eigenvalue weighted by molar-refractivity contribution is 5.93. The minimum absolute atomic E-state index is 0.138. The summed E-state index contributed by atoms with van der Waals surface area (Å²) in [6.45, 7) is 9.45. The number of aromatic nitrogens is 2. The van der Waals surface area contributed by atoms with Crippen molar-refractivity contribution in [3.8, 4) is 0 Å². The summed E-state index contributed by atoms with van der Waals surface area (Å²) < 4.78 is 6.73. The topological polar surface area (TPSA) is 67.7 Å². The quantitative estimate of drug-likeness (QED) is 0.856. The fourth-order valence-corrected chi connectivity index (χ4v) is 2.44. The number of rotatable bonds is 3. The van der Waals surface area contributed by atoms with Crippen LogP contribution in [0.3, 0.4) is 0 Å². The van der Waals surface area contributed by atoms with Crippen molar-refractivity contribution < 1.29 is 14.3 Å². The first-order valence-corrected chi connectivity index (χ1v) is 8.06. The molecule has 1 aromatic rings. The molecular weight excluding hydrogens is 296 g/mol. The van der Waals surface area contributed by atoms with Crippen LogP contribution in [0.5, 0.6) is 0 Å². The molecule has 0 spiro atoms. The van der Waals surface area contributed by atoms with Gasteiger partial charge in [0.25, 0.3) is 5.91 Å². The van der Waals surface area contributed by atoms with Gasteiger partial charge in [-0.1, -0.05) is 27.7 Å². The molecule has 2 amide bonds. The lowest BCUT2D eigenvalue weighted by atomic mass is 9.92. The van der Waals surface area contributed by atoms with Crippen LogP contribution in [0.4, 0.5) is 4.79 Å². The lowest BCUT2D eigenvalue weighted by Gasteiger charge is -2.26. The summed E-state index contributed by atoms with van der Waals surface area (Å²) in [6.07, 6.45) is 1.04. The van der Waals surface area contributed by atoms with Crippen LogP contribution in [0.2, 0.25) is 0 Å². The molecule has 0 radical (unpaired) electrons. The van der Waals surface area contributed by atoms with Crippen LogP contribution in [0.25, 0.3) is 0 Å². The summed E-state index contributed by atoms with van der Waals surface area (Å²) in [5.41, 5.74) is 1.19. The first kappa shape index (κ1) is 17.3. The highest BCUT2D eigenvalue weighted by Crippen LogP contribution is 2.23. The van der Waals surface area contributed by atoms with Gasteiger partial charge in [0.2, 0.25) is 0 Å². The Balaban J connectivity index is 2.19.